The maximum absolute atomic E-state index is 13.6. The van der Waals surface area contributed by atoms with Crippen molar-refractivity contribution in [2.45, 2.75) is 32.1 Å². The molecule has 0 atom stereocenters. The van der Waals surface area contributed by atoms with E-state index in [1.165, 1.54) is 0 Å². The maximum Gasteiger partial charge on any atom is 0.238 e. The lowest BCUT2D eigenvalue weighted by Crippen LogP contribution is -2.14. The highest BCUT2D eigenvalue weighted by molar-refractivity contribution is 7.89. The van der Waals surface area contributed by atoms with Gasteiger partial charge in [0.25, 0.3) is 0 Å². The fourth-order valence-electron chi connectivity index (χ4n) is 1.30. The van der Waals surface area contributed by atoms with Crippen LogP contribution in [0.5, 0.6) is 5.75 Å². The first-order chi connectivity index (χ1) is 8.50. The molecule has 1 aromatic carbocycles. The molecule has 0 aliphatic carbocycles. The van der Waals surface area contributed by atoms with E-state index >= 15 is 0 Å². The van der Waals surface area contributed by atoms with Gasteiger partial charge in [-0.15, -0.1) is 0 Å². The minimum absolute atomic E-state index is 0.0342. The van der Waals surface area contributed by atoms with E-state index in [9.17, 15) is 17.2 Å². The van der Waals surface area contributed by atoms with Gasteiger partial charge in [-0.1, -0.05) is 20.8 Å². The average molecular weight is 293 g/mol. The molecule has 0 aliphatic rings. The Hall–Kier alpha value is -1.21. The highest BCUT2D eigenvalue weighted by Crippen LogP contribution is 2.26. The summed E-state index contributed by atoms with van der Waals surface area (Å²) < 4.78 is 54.2. The van der Waals surface area contributed by atoms with Crippen LogP contribution in [0.4, 0.5) is 8.78 Å². The summed E-state index contributed by atoms with van der Waals surface area (Å²) in [6.45, 7) is 6.03. The minimum atomic E-state index is -4.14. The SMILES string of the molecule is CC(C)(C)CCOc1c(F)cc(S(N)(=O)=O)cc1F. The summed E-state index contributed by atoms with van der Waals surface area (Å²) in [5, 5.41) is 4.80. The zero-order valence-electron chi connectivity index (χ0n) is 11.0. The summed E-state index contributed by atoms with van der Waals surface area (Å²) in [6.07, 6.45) is 0.600. The second kappa shape index (κ2) is 5.42. The predicted molar refractivity (Wildman–Crippen MR) is 67.3 cm³/mol. The van der Waals surface area contributed by atoms with E-state index < -0.39 is 32.3 Å². The molecular formula is C12H17F2NO3S. The van der Waals surface area contributed by atoms with Crippen LogP contribution < -0.4 is 9.88 Å². The molecule has 0 heterocycles. The van der Waals surface area contributed by atoms with Gasteiger partial charge in [0.15, 0.2) is 17.4 Å². The molecule has 0 aliphatic heterocycles. The summed E-state index contributed by atoms with van der Waals surface area (Å²) in [5.74, 6) is -2.76. The molecule has 4 nitrogen and oxygen atoms in total. The molecule has 0 unspecified atom stereocenters. The van der Waals surface area contributed by atoms with Gasteiger partial charge in [-0.2, -0.15) is 0 Å². The van der Waals surface area contributed by atoms with Crippen LogP contribution in [0, 0.1) is 17.0 Å². The van der Waals surface area contributed by atoms with Crippen molar-refractivity contribution in [1.82, 2.24) is 0 Å². The summed E-state index contributed by atoms with van der Waals surface area (Å²) in [6, 6.07) is 1.29. The number of ether oxygens (including phenoxy) is 1. The molecule has 0 amide bonds. The standard InChI is InChI=1S/C12H17F2NO3S/c1-12(2,3)4-5-18-11-9(13)6-8(7-10(11)14)19(15,16)17/h6-7H,4-5H2,1-3H3,(H2,15,16,17). The molecule has 108 valence electrons. The van der Waals surface area contributed by atoms with Gasteiger partial charge in [-0.25, -0.2) is 22.3 Å². The second-order valence-electron chi connectivity index (χ2n) is 5.42. The van der Waals surface area contributed by atoms with Crippen molar-refractivity contribution in [1.29, 1.82) is 0 Å². The zero-order chi connectivity index (χ0) is 14.8. The molecule has 19 heavy (non-hydrogen) atoms. The topological polar surface area (TPSA) is 69.4 Å². The first-order valence-corrected chi connectivity index (χ1v) is 7.20. The maximum atomic E-state index is 13.6. The molecule has 1 aromatic rings. The number of halogens is 2. The van der Waals surface area contributed by atoms with Gasteiger partial charge in [0.05, 0.1) is 11.5 Å². The van der Waals surface area contributed by atoms with Crippen molar-refractivity contribution in [3.05, 3.63) is 23.8 Å². The first kappa shape index (κ1) is 15.8. The predicted octanol–water partition coefficient (Wildman–Crippen LogP) is 2.43. The van der Waals surface area contributed by atoms with Gasteiger partial charge in [0, 0.05) is 0 Å². The Bertz CT molecular complexity index is 542. The largest absolute Gasteiger partial charge is 0.488 e. The zero-order valence-corrected chi connectivity index (χ0v) is 11.9. The normalized spacial score (nSPS) is 12.5. The molecule has 2 N–H and O–H groups in total. The van der Waals surface area contributed by atoms with Crippen LogP contribution in [0.3, 0.4) is 0 Å². The quantitative estimate of drug-likeness (QED) is 0.927. The average Bonchev–Trinajstić information content (AvgIpc) is 2.18. The van der Waals surface area contributed by atoms with Crippen LogP contribution in [0.25, 0.3) is 0 Å². The highest BCUT2D eigenvalue weighted by Gasteiger charge is 2.19. The lowest BCUT2D eigenvalue weighted by molar-refractivity contribution is 0.226. The van der Waals surface area contributed by atoms with E-state index in [2.05, 4.69) is 0 Å². The Kier molecular flexibility index (Phi) is 4.52. The van der Waals surface area contributed by atoms with E-state index in [0.717, 1.165) is 0 Å². The lowest BCUT2D eigenvalue weighted by atomic mass is 9.93. The van der Waals surface area contributed by atoms with Crippen LogP contribution >= 0.6 is 0 Å². The molecule has 0 radical (unpaired) electrons. The van der Waals surface area contributed by atoms with E-state index in [1.54, 1.807) is 0 Å². The van der Waals surface area contributed by atoms with Gasteiger partial charge in [-0.05, 0) is 24.0 Å². The third kappa shape index (κ3) is 4.76. The number of primary sulfonamides is 1. The van der Waals surface area contributed by atoms with Crippen molar-refractivity contribution in [2.24, 2.45) is 10.6 Å². The molecule has 0 fully saturated rings. The van der Waals surface area contributed by atoms with Crippen molar-refractivity contribution in [2.75, 3.05) is 6.61 Å². The van der Waals surface area contributed by atoms with Crippen LogP contribution in [0.1, 0.15) is 27.2 Å². The van der Waals surface area contributed by atoms with Gasteiger partial charge < -0.3 is 4.74 Å². The number of hydrogen-bond donors (Lipinski definition) is 1. The third-order valence-electron chi connectivity index (χ3n) is 2.40. The summed E-state index contributed by atoms with van der Waals surface area (Å²) >= 11 is 0. The van der Waals surface area contributed by atoms with Crippen molar-refractivity contribution in [3.63, 3.8) is 0 Å². The second-order valence-corrected chi connectivity index (χ2v) is 6.98. The molecule has 0 bridgehead atoms. The van der Waals surface area contributed by atoms with Crippen molar-refractivity contribution >= 4 is 10.0 Å². The van der Waals surface area contributed by atoms with E-state index in [-0.39, 0.29) is 12.0 Å². The van der Waals surface area contributed by atoms with E-state index in [4.69, 9.17) is 9.88 Å². The molecule has 0 aromatic heterocycles. The Morgan fingerprint density at radius 2 is 1.68 bits per heavy atom. The Morgan fingerprint density at radius 3 is 2.05 bits per heavy atom. The monoisotopic (exact) mass is 293 g/mol. The smallest absolute Gasteiger partial charge is 0.238 e. The fourth-order valence-corrected chi connectivity index (χ4v) is 1.83. The van der Waals surface area contributed by atoms with Crippen LogP contribution in [0.2, 0.25) is 0 Å². The van der Waals surface area contributed by atoms with Crippen molar-refractivity contribution in [3.8, 4) is 5.75 Å². The van der Waals surface area contributed by atoms with Gasteiger partial charge >= 0.3 is 0 Å². The molecule has 0 saturated heterocycles. The molecule has 0 spiro atoms. The van der Waals surface area contributed by atoms with Gasteiger partial charge in [0.2, 0.25) is 10.0 Å². The molecule has 0 saturated carbocycles. The van der Waals surface area contributed by atoms with Crippen LogP contribution in [-0.2, 0) is 10.0 Å². The Morgan fingerprint density at radius 1 is 1.21 bits per heavy atom. The van der Waals surface area contributed by atoms with Crippen molar-refractivity contribution < 1.29 is 21.9 Å². The summed E-state index contributed by atoms with van der Waals surface area (Å²) in [4.78, 5) is -0.620. The summed E-state index contributed by atoms with van der Waals surface area (Å²) in [5.41, 5.74) is -0.0342. The Labute approximate surface area is 111 Å². The number of sulfonamides is 1. The lowest BCUT2D eigenvalue weighted by Gasteiger charge is -2.18. The minimum Gasteiger partial charge on any atom is -0.488 e. The Balaban J connectivity index is 2.93. The first-order valence-electron chi connectivity index (χ1n) is 5.65. The number of benzene rings is 1. The number of rotatable bonds is 4. The fraction of sp³-hybridized carbons (Fsp3) is 0.500. The molecule has 7 heteroatoms. The van der Waals surface area contributed by atoms with Gasteiger partial charge in [-0.3, -0.25) is 0 Å². The summed E-state index contributed by atoms with van der Waals surface area (Å²) in [7, 11) is -4.14. The molecular weight excluding hydrogens is 276 g/mol. The highest BCUT2D eigenvalue weighted by atomic mass is 32.2. The number of nitrogens with two attached hydrogens (primary N) is 1. The third-order valence-corrected chi connectivity index (χ3v) is 3.29. The molecule has 1 rings (SSSR count). The van der Waals surface area contributed by atoms with Crippen LogP contribution in [0.15, 0.2) is 17.0 Å². The van der Waals surface area contributed by atoms with Gasteiger partial charge in [0.1, 0.15) is 0 Å². The van der Waals surface area contributed by atoms with E-state index in [1.807, 2.05) is 20.8 Å². The van der Waals surface area contributed by atoms with Crippen LogP contribution in [-0.4, -0.2) is 15.0 Å². The van der Waals surface area contributed by atoms with E-state index in [0.29, 0.717) is 18.6 Å². The number of hydrogen-bond acceptors (Lipinski definition) is 3.